The van der Waals surface area contributed by atoms with Gasteiger partial charge in [-0.1, -0.05) is 25.0 Å². The molecule has 25 heavy (non-hydrogen) atoms. The van der Waals surface area contributed by atoms with E-state index in [1.807, 2.05) is 18.2 Å². The van der Waals surface area contributed by atoms with Crippen LogP contribution in [0.5, 0.6) is 0 Å². The maximum absolute atomic E-state index is 12.7. The molecule has 0 spiro atoms. The minimum absolute atomic E-state index is 0.0224. The smallest absolute Gasteiger partial charge is 0.251 e. The van der Waals surface area contributed by atoms with Gasteiger partial charge in [0.25, 0.3) is 5.91 Å². The van der Waals surface area contributed by atoms with Gasteiger partial charge in [0.15, 0.2) is 0 Å². The van der Waals surface area contributed by atoms with Crippen LogP contribution in [-0.4, -0.2) is 68.2 Å². The van der Waals surface area contributed by atoms with E-state index >= 15 is 0 Å². The summed E-state index contributed by atoms with van der Waals surface area (Å²) in [5.74, 6) is 0.0224. The lowest BCUT2D eigenvalue weighted by atomic mass is 9.92. The van der Waals surface area contributed by atoms with Gasteiger partial charge in [0, 0.05) is 45.4 Å². The van der Waals surface area contributed by atoms with Crippen LogP contribution in [0.2, 0.25) is 0 Å². The van der Waals surface area contributed by atoms with Gasteiger partial charge in [0.05, 0.1) is 12.1 Å². The van der Waals surface area contributed by atoms with Gasteiger partial charge in [-0.25, -0.2) is 0 Å². The van der Waals surface area contributed by atoms with Gasteiger partial charge in [0.2, 0.25) is 0 Å². The number of carbonyl (C=O) groups is 1. The summed E-state index contributed by atoms with van der Waals surface area (Å²) in [6.07, 6.45) is 4.53. The third kappa shape index (κ3) is 5.03. The number of rotatable bonds is 5. The average molecular weight is 345 g/mol. The summed E-state index contributed by atoms with van der Waals surface area (Å²) in [5, 5.41) is 3.19. The summed E-state index contributed by atoms with van der Waals surface area (Å²) >= 11 is 0. The summed E-state index contributed by atoms with van der Waals surface area (Å²) in [6.45, 7) is 5.31. The molecule has 0 radical (unpaired) electrons. The van der Waals surface area contributed by atoms with E-state index in [0.717, 1.165) is 57.5 Å². The van der Waals surface area contributed by atoms with E-state index in [9.17, 15) is 4.79 Å². The number of carbonyl (C=O) groups excluding carboxylic acids is 1. The predicted octanol–water partition coefficient (Wildman–Crippen LogP) is 2.12. The SMILES string of the molecule is CO[C@H]1CCCC[C@@H]1NC(=O)c1cccc(CN2CCN(C)CC2)c1. The molecule has 1 aliphatic carbocycles. The minimum Gasteiger partial charge on any atom is -0.379 e. The fourth-order valence-corrected chi connectivity index (χ4v) is 3.87. The number of nitrogens with zero attached hydrogens (tertiary/aromatic N) is 2. The third-order valence-corrected chi connectivity index (χ3v) is 5.51. The molecular formula is C20H31N3O2. The number of benzene rings is 1. The molecule has 1 aromatic carbocycles. The molecule has 1 amide bonds. The first kappa shape index (κ1) is 18.4. The van der Waals surface area contributed by atoms with Crippen molar-refractivity contribution < 1.29 is 9.53 Å². The zero-order valence-corrected chi connectivity index (χ0v) is 15.5. The molecule has 3 rings (SSSR count). The second-order valence-electron chi connectivity index (χ2n) is 7.42. The summed E-state index contributed by atoms with van der Waals surface area (Å²) < 4.78 is 5.55. The van der Waals surface area contributed by atoms with Gasteiger partial charge < -0.3 is 15.0 Å². The molecule has 2 atom stereocenters. The van der Waals surface area contributed by atoms with Crippen molar-refractivity contribution in [1.82, 2.24) is 15.1 Å². The molecule has 1 N–H and O–H groups in total. The van der Waals surface area contributed by atoms with Crippen molar-refractivity contribution in [3.8, 4) is 0 Å². The number of methoxy groups -OCH3 is 1. The van der Waals surface area contributed by atoms with Crippen LogP contribution in [0.15, 0.2) is 24.3 Å². The maximum atomic E-state index is 12.7. The number of ether oxygens (including phenoxy) is 1. The molecule has 1 aliphatic heterocycles. The monoisotopic (exact) mass is 345 g/mol. The average Bonchev–Trinajstić information content (AvgIpc) is 2.64. The molecule has 138 valence electrons. The fraction of sp³-hybridized carbons (Fsp3) is 0.650. The number of hydrogen-bond donors (Lipinski definition) is 1. The summed E-state index contributed by atoms with van der Waals surface area (Å²) in [5.41, 5.74) is 1.97. The predicted molar refractivity (Wildman–Crippen MR) is 99.7 cm³/mol. The molecule has 1 aromatic rings. The van der Waals surface area contributed by atoms with Crippen LogP contribution in [0.3, 0.4) is 0 Å². The molecule has 0 aromatic heterocycles. The Kier molecular flexibility index (Phi) is 6.45. The Hall–Kier alpha value is -1.43. The fourth-order valence-electron chi connectivity index (χ4n) is 3.87. The zero-order valence-electron chi connectivity index (χ0n) is 15.5. The normalized spacial score (nSPS) is 25.7. The zero-order chi connectivity index (χ0) is 17.6. The van der Waals surface area contributed by atoms with E-state index in [1.54, 1.807) is 7.11 Å². The number of hydrogen-bond acceptors (Lipinski definition) is 4. The Morgan fingerprint density at radius 2 is 1.96 bits per heavy atom. The van der Waals surface area contributed by atoms with Gasteiger partial charge >= 0.3 is 0 Å². The van der Waals surface area contributed by atoms with Gasteiger partial charge in [0.1, 0.15) is 0 Å². The van der Waals surface area contributed by atoms with Crippen LogP contribution in [0.1, 0.15) is 41.6 Å². The van der Waals surface area contributed by atoms with Crippen molar-refractivity contribution in [3.63, 3.8) is 0 Å². The third-order valence-electron chi connectivity index (χ3n) is 5.51. The van der Waals surface area contributed by atoms with E-state index in [4.69, 9.17) is 4.74 Å². The Balaban J connectivity index is 1.59. The lowest BCUT2D eigenvalue weighted by molar-refractivity contribution is 0.0392. The molecule has 5 nitrogen and oxygen atoms in total. The van der Waals surface area contributed by atoms with Gasteiger partial charge in [-0.05, 0) is 37.6 Å². The lowest BCUT2D eigenvalue weighted by Gasteiger charge is -2.32. The summed E-state index contributed by atoms with van der Waals surface area (Å²) in [7, 11) is 3.91. The maximum Gasteiger partial charge on any atom is 0.251 e. The second-order valence-corrected chi connectivity index (χ2v) is 7.42. The molecule has 0 bridgehead atoms. The Morgan fingerprint density at radius 3 is 2.72 bits per heavy atom. The molecule has 1 heterocycles. The highest BCUT2D eigenvalue weighted by atomic mass is 16.5. The lowest BCUT2D eigenvalue weighted by Crippen LogP contribution is -2.46. The van der Waals surface area contributed by atoms with Gasteiger partial charge in [-0.2, -0.15) is 0 Å². The van der Waals surface area contributed by atoms with E-state index in [0.29, 0.717) is 0 Å². The van der Waals surface area contributed by atoms with Gasteiger partial charge in [-0.15, -0.1) is 0 Å². The van der Waals surface area contributed by atoms with Crippen LogP contribution in [0, 0.1) is 0 Å². The van der Waals surface area contributed by atoms with E-state index in [1.165, 1.54) is 12.0 Å². The highest BCUT2D eigenvalue weighted by molar-refractivity contribution is 5.94. The topological polar surface area (TPSA) is 44.8 Å². The van der Waals surface area contributed by atoms with Crippen LogP contribution < -0.4 is 5.32 Å². The largest absolute Gasteiger partial charge is 0.379 e. The van der Waals surface area contributed by atoms with Crippen LogP contribution in [0.25, 0.3) is 0 Å². The Labute approximate surface area is 151 Å². The second kappa shape index (κ2) is 8.79. The molecule has 1 saturated carbocycles. The van der Waals surface area contributed by atoms with Crippen LogP contribution in [0.4, 0.5) is 0 Å². The number of piperazine rings is 1. The highest BCUT2D eigenvalue weighted by Gasteiger charge is 2.26. The number of nitrogens with one attached hydrogen (secondary N) is 1. The Morgan fingerprint density at radius 1 is 1.20 bits per heavy atom. The quantitative estimate of drug-likeness (QED) is 0.888. The van der Waals surface area contributed by atoms with Crippen LogP contribution in [-0.2, 0) is 11.3 Å². The van der Waals surface area contributed by atoms with Crippen LogP contribution >= 0.6 is 0 Å². The molecule has 2 fully saturated rings. The van der Waals surface area contributed by atoms with E-state index in [-0.39, 0.29) is 18.1 Å². The highest BCUT2D eigenvalue weighted by Crippen LogP contribution is 2.21. The molecule has 1 saturated heterocycles. The van der Waals surface area contributed by atoms with Crippen molar-refractivity contribution in [1.29, 1.82) is 0 Å². The summed E-state index contributed by atoms with van der Waals surface area (Å²) in [6, 6.07) is 8.20. The first-order valence-electron chi connectivity index (χ1n) is 9.49. The standard InChI is InChI=1S/C20H31N3O2/c1-22-10-12-23(13-11-22)15-16-6-5-7-17(14-16)20(24)21-18-8-3-4-9-19(18)25-2/h5-7,14,18-19H,3-4,8-13,15H2,1-2H3,(H,21,24)/t18-,19-/m0/s1. The first-order chi connectivity index (χ1) is 12.2. The van der Waals surface area contributed by atoms with Crippen molar-refractivity contribution in [3.05, 3.63) is 35.4 Å². The van der Waals surface area contributed by atoms with E-state index < -0.39 is 0 Å². The van der Waals surface area contributed by atoms with Crippen molar-refractivity contribution >= 4 is 5.91 Å². The van der Waals surface area contributed by atoms with Crippen molar-refractivity contribution in [2.45, 2.75) is 44.4 Å². The molecule has 5 heteroatoms. The Bertz CT molecular complexity index is 570. The molecule has 2 aliphatic rings. The number of likely N-dealkylation sites (N-methyl/N-ethyl adjacent to an activating group) is 1. The van der Waals surface area contributed by atoms with Gasteiger partial charge in [-0.3, -0.25) is 9.69 Å². The van der Waals surface area contributed by atoms with Crippen molar-refractivity contribution in [2.24, 2.45) is 0 Å². The molecule has 0 unspecified atom stereocenters. The summed E-state index contributed by atoms with van der Waals surface area (Å²) in [4.78, 5) is 17.5. The van der Waals surface area contributed by atoms with E-state index in [2.05, 4.69) is 28.2 Å². The number of amides is 1. The minimum atomic E-state index is 0.0224. The van der Waals surface area contributed by atoms with Crippen molar-refractivity contribution in [2.75, 3.05) is 40.3 Å². The first-order valence-corrected chi connectivity index (χ1v) is 9.49. The molecular weight excluding hydrogens is 314 g/mol.